The minimum Gasteiger partial charge on any atom is -0.319 e. The van der Waals surface area contributed by atoms with Crippen molar-refractivity contribution in [2.45, 2.75) is 25.8 Å². The third kappa shape index (κ3) is 5.81. The van der Waals surface area contributed by atoms with E-state index < -0.39 is 41.1 Å². The largest absolute Gasteiger partial charge is 0.319 e. The lowest BCUT2D eigenvalue weighted by Crippen LogP contribution is -2.42. The number of benzene rings is 2. The smallest absolute Gasteiger partial charge is 0.252 e. The molecule has 11 heteroatoms. The van der Waals surface area contributed by atoms with Gasteiger partial charge in [-0.2, -0.15) is 0 Å². The molecule has 0 bridgehead atoms. The Labute approximate surface area is 221 Å². The Kier molecular flexibility index (Phi) is 8.20. The van der Waals surface area contributed by atoms with Crippen LogP contribution in [0.3, 0.4) is 0 Å². The Morgan fingerprint density at radius 1 is 1.03 bits per heavy atom. The first-order valence-corrected chi connectivity index (χ1v) is 12.5. The van der Waals surface area contributed by atoms with Crippen molar-refractivity contribution in [3.8, 4) is 10.4 Å². The van der Waals surface area contributed by atoms with Crippen molar-refractivity contribution in [3.63, 3.8) is 0 Å². The zero-order chi connectivity index (χ0) is 26.5. The van der Waals surface area contributed by atoms with Crippen molar-refractivity contribution in [3.05, 3.63) is 90.1 Å². The van der Waals surface area contributed by atoms with E-state index in [4.69, 9.17) is 11.6 Å². The molecule has 2 amide bonds. The predicted octanol–water partition coefficient (Wildman–Crippen LogP) is 5.95. The third-order valence-corrected chi connectivity index (χ3v) is 6.66. The number of hydrogen-bond donors (Lipinski definition) is 1. The Morgan fingerprint density at radius 2 is 1.68 bits per heavy atom. The van der Waals surface area contributed by atoms with Gasteiger partial charge in [-0.3, -0.25) is 14.5 Å². The summed E-state index contributed by atoms with van der Waals surface area (Å²) in [5, 5.41) is 2.32. The molecule has 1 atom stereocenters. The second-order valence-electron chi connectivity index (χ2n) is 8.40. The lowest BCUT2D eigenvalue weighted by Gasteiger charge is -2.31. The molecule has 2 aromatic carbocycles. The number of nitrogens with one attached hydrogen (secondary N) is 1. The molecule has 0 fully saturated rings. The molecule has 4 rings (SSSR count). The van der Waals surface area contributed by atoms with Gasteiger partial charge in [0.15, 0.2) is 0 Å². The summed E-state index contributed by atoms with van der Waals surface area (Å²) in [6, 6.07) is 9.69. The van der Waals surface area contributed by atoms with Crippen LogP contribution >= 0.6 is 23.1 Å². The number of amides is 2. The maximum absolute atomic E-state index is 14.8. The van der Waals surface area contributed by atoms with Crippen molar-refractivity contribution < 1.29 is 18.4 Å². The zero-order valence-corrected chi connectivity index (χ0v) is 21.4. The van der Waals surface area contributed by atoms with Crippen LogP contribution in [0, 0.1) is 11.6 Å². The van der Waals surface area contributed by atoms with Crippen LogP contribution in [-0.4, -0.2) is 32.0 Å². The Bertz CT molecular complexity index is 1360. The number of carbonyl (C=O) groups is 2. The number of nitrogens with zero attached hydrogens (tertiary/aromatic N) is 4. The highest BCUT2D eigenvalue weighted by atomic mass is 35.5. The number of halogens is 3. The summed E-state index contributed by atoms with van der Waals surface area (Å²) in [6.45, 7) is 3.60. The topological polar surface area (TPSA) is 88.1 Å². The molecule has 2 aromatic heterocycles. The summed E-state index contributed by atoms with van der Waals surface area (Å²) < 4.78 is 33.8. The fourth-order valence-electron chi connectivity index (χ4n) is 3.76. The lowest BCUT2D eigenvalue weighted by molar-refractivity contribution is -0.122. The molecule has 190 valence electrons. The first-order valence-electron chi connectivity index (χ1n) is 11.2. The maximum atomic E-state index is 14.8. The summed E-state index contributed by atoms with van der Waals surface area (Å²) in [5.74, 6) is -3.89. The molecule has 1 N–H and O–H groups in total. The first-order chi connectivity index (χ1) is 17.8. The number of hydrogen-bond acceptors (Lipinski definition) is 6. The van der Waals surface area contributed by atoms with E-state index in [1.807, 2.05) is 6.07 Å². The molecule has 0 radical (unpaired) electrons. The summed E-state index contributed by atoms with van der Waals surface area (Å²) >= 11 is 7.23. The first kappa shape index (κ1) is 26.3. The van der Waals surface area contributed by atoms with E-state index in [0.717, 1.165) is 15.3 Å². The van der Waals surface area contributed by atoms with E-state index >= 15 is 0 Å². The molecular formula is C26H22ClF2N5O2S. The normalized spacial score (nSPS) is 11.8. The summed E-state index contributed by atoms with van der Waals surface area (Å²) in [6.07, 6.45) is 5.65. The van der Waals surface area contributed by atoms with Crippen LogP contribution in [0.1, 0.15) is 36.9 Å². The highest BCUT2D eigenvalue weighted by Gasteiger charge is 2.34. The van der Waals surface area contributed by atoms with Gasteiger partial charge in [-0.15, -0.1) is 11.6 Å². The average Bonchev–Trinajstić information content (AvgIpc) is 3.44. The van der Waals surface area contributed by atoms with Gasteiger partial charge < -0.3 is 5.32 Å². The molecule has 4 aromatic rings. The number of anilines is 2. The van der Waals surface area contributed by atoms with Crippen LogP contribution < -0.4 is 10.2 Å². The molecule has 0 saturated heterocycles. The standard InChI is InChI=1S/C26H22ClF2N5O2S/c1-15(2)17-9-20(28)24(21(29)10-17)33-26(36)25(18-12-30-14-31-13-18)34(23(35)11-27)19-5-3-16(4-6-19)22-7-8-32-37-22/h3-10,12-15,25H,11H2,1-2H3,(H,33,36)/t25-/m1/s1. The van der Waals surface area contributed by atoms with Crippen molar-refractivity contribution in [2.75, 3.05) is 16.1 Å². The molecule has 0 aliphatic carbocycles. The predicted molar refractivity (Wildman–Crippen MR) is 140 cm³/mol. The average molecular weight is 542 g/mol. The highest BCUT2D eigenvalue weighted by molar-refractivity contribution is 7.09. The second kappa shape index (κ2) is 11.5. The fraction of sp³-hybridized carbons (Fsp3) is 0.192. The van der Waals surface area contributed by atoms with Crippen molar-refractivity contribution in [1.29, 1.82) is 0 Å². The molecule has 2 heterocycles. The van der Waals surface area contributed by atoms with E-state index in [2.05, 4.69) is 19.7 Å². The van der Waals surface area contributed by atoms with Gasteiger partial charge >= 0.3 is 0 Å². The zero-order valence-electron chi connectivity index (χ0n) is 19.9. The Hall–Kier alpha value is -3.76. The number of carbonyl (C=O) groups excluding carboxylic acids is 2. The number of alkyl halides is 1. The molecule has 0 unspecified atom stereocenters. The van der Waals surface area contributed by atoms with Crippen molar-refractivity contribution in [1.82, 2.24) is 14.3 Å². The van der Waals surface area contributed by atoms with E-state index in [-0.39, 0.29) is 11.5 Å². The lowest BCUT2D eigenvalue weighted by atomic mass is 10.0. The van der Waals surface area contributed by atoms with E-state index in [1.165, 1.54) is 42.4 Å². The molecule has 0 aliphatic heterocycles. The Balaban J connectivity index is 1.76. The van der Waals surface area contributed by atoms with Gasteiger partial charge in [0.2, 0.25) is 5.91 Å². The van der Waals surface area contributed by atoms with Crippen LogP contribution in [0.5, 0.6) is 0 Å². The molecular weight excluding hydrogens is 520 g/mol. The summed E-state index contributed by atoms with van der Waals surface area (Å²) in [5.41, 5.74) is 1.27. The van der Waals surface area contributed by atoms with Gasteiger partial charge in [-0.1, -0.05) is 26.0 Å². The number of rotatable bonds is 8. The highest BCUT2D eigenvalue weighted by Crippen LogP contribution is 2.33. The Morgan fingerprint density at radius 3 is 2.22 bits per heavy atom. The third-order valence-electron chi connectivity index (χ3n) is 5.63. The van der Waals surface area contributed by atoms with Crippen LogP contribution in [0.25, 0.3) is 10.4 Å². The quantitative estimate of drug-likeness (QED) is 0.278. The van der Waals surface area contributed by atoms with Crippen LogP contribution in [0.4, 0.5) is 20.2 Å². The van der Waals surface area contributed by atoms with E-state index in [0.29, 0.717) is 11.3 Å². The molecule has 0 spiro atoms. The molecule has 0 aliphatic rings. The summed E-state index contributed by atoms with van der Waals surface area (Å²) in [4.78, 5) is 36.6. The molecule has 37 heavy (non-hydrogen) atoms. The van der Waals surface area contributed by atoms with Gasteiger partial charge in [0.25, 0.3) is 5.91 Å². The maximum Gasteiger partial charge on any atom is 0.252 e. The monoisotopic (exact) mass is 541 g/mol. The van der Waals surface area contributed by atoms with Crippen LogP contribution in [-0.2, 0) is 9.59 Å². The van der Waals surface area contributed by atoms with Crippen LogP contribution in [0.2, 0.25) is 0 Å². The second-order valence-corrected chi connectivity index (χ2v) is 9.50. The fourth-order valence-corrected chi connectivity index (χ4v) is 4.49. The van der Waals surface area contributed by atoms with Crippen LogP contribution in [0.15, 0.2) is 67.4 Å². The minimum atomic E-state index is -1.37. The van der Waals surface area contributed by atoms with Gasteiger partial charge in [-0.25, -0.2) is 23.1 Å². The minimum absolute atomic E-state index is 0.118. The van der Waals surface area contributed by atoms with Crippen molar-refractivity contribution >= 4 is 46.3 Å². The van der Waals surface area contributed by atoms with Gasteiger partial charge in [0, 0.05) is 29.8 Å². The number of aromatic nitrogens is 3. The van der Waals surface area contributed by atoms with Crippen molar-refractivity contribution in [2.24, 2.45) is 0 Å². The molecule has 7 nitrogen and oxygen atoms in total. The summed E-state index contributed by atoms with van der Waals surface area (Å²) in [7, 11) is 0. The van der Waals surface area contributed by atoms with E-state index in [9.17, 15) is 18.4 Å². The van der Waals surface area contributed by atoms with Gasteiger partial charge in [-0.05, 0) is 58.9 Å². The van der Waals surface area contributed by atoms with Gasteiger partial charge in [0.05, 0.1) is 4.88 Å². The van der Waals surface area contributed by atoms with E-state index in [1.54, 1.807) is 44.3 Å². The van der Waals surface area contributed by atoms with Gasteiger partial charge in [0.1, 0.15) is 35.6 Å². The SMILES string of the molecule is CC(C)c1cc(F)c(NC(=O)[C@@H](c2cncnc2)N(C(=O)CCl)c2ccc(-c3ccns3)cc2)c(F)c1. The molecule has 0 saturated carbocycles.